The van der Waals surface area contributed by atoms with Gasteiger partial charge in [-0.1, -0.05) is 6.92 Å². The standard InChI is InChI=1S/C11H18N4O/c1-3-6-15(8-4-5-8)11(16)10-9(12)7(2)13-14-10/h8H,3-6,12H2,1-2H3,(H,13,14). The molecule has 0 saturated heterocycles. The number of amides is 1. The Kier molecular flexibility index (Phi) is 2.85. The lowest BCUT2D eigenvalue weighted by Crippen LogP contribution is -2.34. The zero-order valence-electron chi connectivity index (χ0n) is 9.79. The Morgan fingerprint density at radius 1 is 1.62 bits per heavy atom. The quantitative estimate of drug-likeness (QED) is 0.806. The highest BCUT2D eigenvalue weighted by molar-refractivity contribution is 5.97. The van der Waals surface area contributed by atoms with Gasteiger partial charge in [-0.2, -0.15) is 5.10 Å². The molecule has 5 nitrogen and oxygen atoms in total. The predicted octanol–water partition coefficient (Wildman–Crippen LogP) is 1.31. The summed E-state index contributed by atoms with van der Waals surface area (Å²) in [6.07, 6.45) is 3.18. The molecule has 88 valence electrons. The van der Waals surface area contributed by atoms with Gasteiger partial charge in [0.15, 0.2) is 5.69 Å². The molecule has 2 rings (SSSR count). The van der Waals surface area contributed by atoms with E-state index in [1.807, 2.05) is 11.8 Å². The first-order valence-electron chi connectivity index (χ1n) is 5.76. The van der Waals surface area contributed by atoms with Crippen molar-refractivity contribution in [2.75, 3.05) is 12.3 Å². The van der Waals surface area contributed by atoms with Crippen LogP contribution in [0.15, 0.2) is 0 Å². The number of aryl methyl sites for hydroxylation is 1. The molecule has 0 atom stereocenters. The van der Waals surface area contributed by atoms with Crippen molar-refractivity contribution in [3.8, 4) is 0 Å². The summed E-state index contributed by atoms with van der Waals surface area (Å²) >= 11 is 0. The monoisotopic (exact) mass is 222 g/mol. The average Bonchev–Trinajstić information content (AvgIpc) is 3.04. The van der Waals surface area contributed by atoms with Gasteiger partial charge in [-0.05, 0) is 26.2 Å². The van der Waals surface area contributed by atoms with Gasteiger partial charge < -0.3 is 10.6 Å². The van der Waals surface area contributed by atoms with Crippen LogP contribution < -0.4 is 5.73 Å². The topological polar surface area (TPSA) is 75.0 Å². The van der Waals surface area contributed by atoms with E-state index in [9.17, 15) is 4.79 Å². The van der Waals surface area contributed by atoms with Crippen molar-refractivity contribution in [1.82, 2.24) is 15.1 Å². The first kappa shape index (κ1) is 11.0. The van der Waals surface area contributed by atoms with Crippen molar-refractivity contribution in [1.29, 1.82) is 0 Å². The molecule has 1 heterocycles. The van der Waals surface area contributed by atoms with Crippen LogP contribution in [0.1, 0.15) is 42.4 Å². The second-order valence-electron chi connectivity index (χ2n) is 4.34. The molecule has 0 bridgehead atoms. The number of anilines is 1. The summed E-state index contributed by atoms with van der Waals surface area (Å²) < 4.78 is 0. The van der Waals surface area contributed by atoms with Crippen molar-refractivity contribution in [3.05, 3.63) is 11.4 Å². The number of aromatic nitrogens is 2. The van der Waals surface area contributed by atoms with Crippen molar-refractivity contribution in [2.45, 2.75) is 39.2 Å². The third-order valence-corrected chi connectivity index (χ3v) is 2.91. The molecule has 1 saturated carbocycles. The van der Waals surface area contributed by atoms with E-state index in [4.69, 9.17) is 5.73 Å². The van der Waals surface area contributed by atoms with Crippen molar-refractivity contribution in [2.24, 2.45) is 0 Å². The van der Waals surface area contributed by atoms with Crippen LogP contribution in [0.25, 0.3) is 0 Å². The Morgan fingerprint density at radius 2 is 2.31 bits per heavy atom. The molecule has 1 aromatic heterocycles. The Labute approximate surface area is 95.0 Å². The molecule has 0 spiro atoms. The van der Waals surface area contributed by atoms with E-state index in [0.29, 0.717) is 17.4 Å². The van der Waals surface area contributed by atoms with Crippen LogP contribution in [-0.4, -0.2) is 33.6 Å². The number of nitrogen functional groups attached to an aromatic ring is 1. The molecule has 3 N–H and O–H groups in total. The summed E-state index contributed by atoms with van der Waals surface area (Å²) in [7, 11) is 0. The van der Waals surface area contributed by atoms with Crippen molar-refractivity contribution < 1.29 is 4.79 Å². The molecule has 0 radical (unpaired) electrons. The van der Waals surface area contributed by atoms with Gasteiger partial charge in [0.1, 0.15) is 0 Å². The lowest BCUT2D eigenvalue weighted by Gasteiger charge is -2.20. The molecule has 1 aliphatic rings. The number of nitrogens with one attached hydrogen (secondary N) is 1. The zero-order valence-corrected chi connectivity index (χ0v) is 9.79. The molecular formula is C11H18N4O. The summed E-state index contributed by atoms with van der Waals surface area (Å²) in [5.41, 5.74) is 7.43. The number of nitrogens with two attached hydrogens (primary N) is 1. The number of rotatable bonds is 4. The minimum Gasteiger partial charge on any atom is -0.395 e. The fourth-order valence-electron chi connectivity index (χ4n) is 1.81. The summed E-state index contributed by atoms with van der Waals surface area (Å²) in [5, 5.41) is 6.74. The highest BCUT2D eigenvalue weighted by Crippen LogP contribution is 2.29. The maximum Gasteiger partial charge on any atom is 0.276 e. The lowest BCUT2D eigenvalue weighted by atomic mass is 10.2. The van der Waals surface area contributed by atoms with Gasteiger partial charge in [0.05, 0.1) is 11.4 Å². The number of hydrogen-bond donors (Lipinski definition) is 2. The van der Waals surface area contributed by atoms with Gasteiger partial charge in [-0.3, -0.25) is 9.89 Å². The van der Waals surface area contributed by atoms with E-state index in [1.165, 1.54) is 0 Å². The van der Waals surface area contributed by atoms with Crippen LogP contribution >= 0.6 is 0 Å². The Bertz CT molecular complexity index is 395. The summed E-state index contributed by atoms with van der Waals surface area (Å²) in [6.45, 7) is 4.68. The first-order chi connectivity index (χ1) is 7.65. The van der Waals surface area contributed by atoms with Crippen LogP contribution in [-0.2, 0) is 0 Å². The molecule has 0 aliphatic heterocycles. The zero-order chi connectivity index (χ0) is 11.7. The summed E-state index contributed by atoms with van der Waals surface area (Å²) in [4.78, 5) is 14.1. The van der Waals surface area contributed by atoms with Gasteiger partial charge in [-0.15, -0.1) is 0 Å². The highest BCUT2D eigenvalue weighted by Gasteiger charge is 2.34. The van der Waals surface area contributed by atoms with Gasteiger partial charge >= 0.3 is 0 Å². The lowest BCUT2D eigenvalue weighted by molar-refractivity contribution is 0.0738. The van der Waals surface area contributed by atoms with E-state index < -0.39 is 0 Å². The average molecular weight is 222 g/mol. The van der Waals surface area contributed by atoms with Crippen LogP contribution in [0.4, 0.5) is 5.69 Å². The molecule has 1 amide bonds. The van der Waals surface area contributed by atoms with Crippen LogP contribution in [0, 0.1) is 6.92 Å². The Hall–Kier alpha value is -1.52. The number of carbonyl (C=O) groups is 1. The third kappa shape index (κ3) is 1.89. The van der Waals surface area contributed by atoms with Gasteiger partial charge in [0, 0.05) is 12.6 Å². The molecular weight excluding hydrogens is 204 g/mol. The third-order valence-electron chi connectivity index (χ3n) is 2.91. The van der Waals surface area contributed by atoms with Crippen LogP contribution in [0.3, 0.4) is 0 Å². The largest absolute Gasteiger partial charge is 0.395 e. The predicted molar refractivity (Wildman–Crippen MR) is 62.1 cm³/mol. The first-order valence-corrected chi connectivity index (χ1v) is 5.76. The minimum atomic E-state index is -0.0359. The van der Waals surface area contributed by atoms with E-state index in [2.05, 4.69) is 17.1 Å². The van der Waals surface area contributed by atoms with Crippen LogP contribution in [0.2, 0.25) is 0 Å². The van der Waals surface area contributed by atoms with Gasteiger partial charge in [0.25, 0.3) is 5.91 Å². The molecule has 0 aromatic carbocycles. The maximum atomic E-state index is 12.2. The Balaban J connectivity index is 2.18. The fraction of sp³-hybridized carbons (Fsp3) is 0.636. The molecule has 0 unspecified atom stereocenters. The van der Waals surface area contributed by atoms with E-state index in [0.717, 1.165) is 31.5 Å². The maximum absolute atomic E-state index is 12.2. The number of carbonyl (C=O) groups excluding carboxylic acids is 1. The van der Waals surface area contributed by atoms with Crippen molar-refractivity contribution in [3.63, 3.8) is 0 Å². The van der Waals surface area contributed by atoms with E-state index in [-0.39, 0.29) is 5.91 Å². The van der Waals surface area contributed by atoms with Gasteiger partial charge in [0.2, 0.25) is 0 Å². The van der Waals surface area contributed by atoms with Crippen molar-refractivity contribution >= 4 is 11.6 Å². The molecule has 5 heteroatoms. The second-order valence-corrected chi connectivity index (χ2v) is 4.34. The summed E-state index contributed by atoms with van der Waals surface area (Å²) in [5.74, 6) is -0.0359. The summed E-state index contributed by atoms with van der Waals surface area (Å²) in [6, 6.07) is 0.406. The molecule has 1 aromatic rings. The molecule has 1 aliphatic carbocycles. The molecule has 1 fully saturated rings. The highest BCUT2D eigenvalue weighted by atomic mass is 16.2. The Morgan fingerprint density at radius 3 is 2.75 bits per heavy atom. The number of nitrogens with zero attached hydrogens (tertiary/aromatic N) is 2. The molecule has 16 heavy (non-hydrogen) atoms. The number of H-pyrrole nitrogens is 1. The van der Waals surface area contributed by atoms with Crippen LogP contribution in [0.5, 0.6) is 0 Å². The van der Waals surface area contributed by atoms with E-state index in [1.54, 1.807) is 0 Å². The number of hydrogen-bond acceptors (Lipinski definition) is 3. The minimum absolute atomic E-state index is 0.0359. The fourth-order valence-corrected chi connectivity index (χ4v) is 1.81. The SMILES string of the molecule is CCCN(C(=O)c1n[nH]c(C)c1N)C1CC1. The number of aromatic amines is 1. The van der Waals surface area contributed by atoms with Gasteiger partial charge in [-0.25, -0.2) is 0 Å². The second kappa shape index (κ2) is 4.15. The smallest absolute Gasteiger partial charge is 0.276 e. The normalized spacial score (nSPS) is 15.1. The van der Waals surface area contributed by atoms with E-state index >= 15 is 0 Å².